The Morgan fingerprint density at radius 2 is 1.88 bits per heavy atom. The second-order valence-electron chi connectivity index (χ2n) is 4.20. The Morgan fingerprint density at radius 1 is 1.12 bits per heavy atom. The van der Waals surface area contributed by atoms with Crippen molar-refractivity contribution in [2.24, 2.45) is 14.1 Å². The summed E-state index contributed by atoms with van der Waals surface area (Å²) in [6, 6.07) is 8.12. The average molecular weight is 291 g/mol. The van der Waals surface area contributed by atoms with Crippen LogP contribution in [0, 0.1) is 0 Å². The molecule has 2 aromatic heterocycles. The summed E-state index contributed by atoms with van der Waals surface area (Å²) in [5, 5.41) is 1.17. The summed E-state index contributed by atoms with van der Waals surface area (Å²) in [5.74, 6) is 0. The molecule has 3 rings (SSSR count). The number of aromatic nitrogens is 2. The van der Waals surface area contributed by atoms with Crippen LogP contribution in [0.1, 0.15) is 10.5 Å². The van der Waals surface area contributed by atoms with Gasteiger partial charge in [-0.3, -0.25) is 4.79 Å². The first kappa shape index (κ1) is 10.6. The SMILES string of the molecule is Cn1c(C=O)cc2c1c1ccc(Br)cc1n2C. The molecule has 4 heteroatoms. The standard InChI is InChI=1S/C13H11BrN2O/c1-15-9(7-17)6-12-13(15)10-4-3-8(14)5-11(10)16(12)2/h3-7H,1-2H3. The molecule has 0 spiro atoms. The Balaban J connectivity index is 2.58. The zero-order valence-corrected chi connectivity index (χ0v) is 11.2. The molecule has 0 fully saturated rings. The van der Waals surface area contributed by atoms with Crippen molar-refractivity contribution < 1.29 is 4.79 Å². The summed E-state index contributed by atoms with van der Waals surface area (Å²) in [4.78, 5) is 11.0. The van der Waals surface area contributed by atoms with E-state index in [2.05, 4.69) is 32.6 Å². The highest BCUT2D eigenvalue weighted by Crippen LogP contribution is 2.31. The molecule has 17 heavy (non-hydrogen) atoms. The van der Waals surface area contributed by atoms with Gasteiger partial charge >= 0.3 is 0 Å². The van der Waals surface area contributed by atoms with Gasteiger partial charge in [-0.1, -0.05) is 15.9 Å². The fourth-order valence-corrected chi connectivity index (χ4v) is 2.75. The molecule has 0 aliphatic rings. The van der Waals surface area contributed by atoms with Gasteiger partial charge in [-0.2, -0.15) is 0 Å². The Bertz CT molecular complexity index is 752. The van der Waals surface area contributed by atoms with Crippen LogP contribution in [0.5, 0.6) is 0 Å². The third-order valence-corrected chi connectivity index (χ3v) is 3.80. The van der Waals surface area contributed by atoms with Gasteiger partial charge in [0, 0.05) is 24.0 Å². The predicted molar refractivity (Wildman–Crippen MR) is 72.5 cm³/mol. The molecule has 0 unspecified atom stereocenters. The van der Waals surface area contributed by atoms with Crippen LogP contribution in [0.3, 0.4) is 0 Å². The Labute approximate surface area is 107 Å². The first-order chi connectivity index (χ1) is 8.13. The van der Waals surface area contributed by atoms with E-state index >= 15 is 0 Å². The molecule has 0 radical (unpaired) electrons. The van der Waals surface area contributed by atoms with E-state index in [1.54, 1.807) is 0 Å². The van der Waals surface area contributed by atoms with E-state index in [4.69, 9.17) is 0 Å². The van der Waals surface area contributed by atoms with E-state index in [0.29, 0.717) is 5.69 Å². The lowest BCUT2D eigenvalue weighted by Crippen LogP contribution is -1.93. The van der Waals surface area contributed by atoms with Crippen LogP contribution in [0.25, 0.3) is 21.9 Å². The number of nitrogens with zero attached hydrogens (tertiary/aromatic N) is 2. The molecule has 0 aliphatic carbocycles. The van der Waals surface area contributed by atoms with Crippen LogP contribution >= 0.6 is 15.9 Å². The quantitative estimate of drug-likeness (QED) is 0.632. The summed E-state index contributed by atoms with van der Waals surface area (Å²) in [6.45, 7) is 0. The second kappa shape index (κ2) is 3.47. The van der Waals surface area contributed by atoms with Crippen molar-refractivity contribution >= 4 is 44.2 Å². The monoisotopic (exact) mass is 290 g/mol. The number of rotatable bonds is 1. The molecule has 0 bridgehead atoms. The zero-order valence-electron chi connectivity index (χ0n) is 9.57. The first-order valence-corrected chi connectivity index (χ1v) is 6.11. The fourth-order valence-electron chi connectivity index (χ4n) is 2.41. The Morgan fingerprint density at radius 3 is 2.59 bits per heavy atom. The Kier molecular flexibility index (Phi) is 2.16. The minimum absolute atomic E-state index is 0.704. The van der Waals surface area contributed by atoms with Gasteiger partial charge in [0.25, 0.3) is 0 Å². The third-order valence-electron chi connectivity index (χ3n) is 3.31. The molecule has 2 heterocycles. The highest BCUT2D eigenvalue weighted by Gasteiger charge is 2.14. The number of hydrogen-bond donors (Lipinski definition) is 0. The second-order valence-corrected chi connectivity index (χ2v) is 5.12. The number of carbonyl (C=O) groups is 1. The highest BCUT2D eigenvalue weighted by molar-refractivity contribution is 9.10. The molecule has 3 aromatic rings. The molecule has 0 N–H and O–H groups in total. The maximum atomic E-state index is 11.0. The van der Waals surface area contributed by atoms with Crippen LogP contribution < -0.4 is 0 Å². The van der Waals surface area contributed by atoms with E-state index in [1.807, 2.05) is 30.8 Å². The van der Waals surface area contributed by atoms with Gasteiger partial charge in [-0.05, 0) is 24.3 Å². The number of fused-ring (bicyclic) bond motifs is 3. The maximum absolute atomic E-state index is 11.0. The number of carbonyl (C=O) groups excluding carboxylic acids is 1. The molecule has 1 aromatic carbocycles. The van der Waals surface area contributed by atoms with Crippen molar-refractivity contribution in [3.05, 3.63) is 34.4 Å². The smallest absolute Gasteiger partial charge is 0.166 e. The van der Waals surface area contributed by atoms with Crippen molar-refractivity contribution in [2.75, 3.05) is 0 Å². The molecule has 0 saturated carbocycles. The van der Waals surface area contributed by atoms with Gasteiger partial charge in [-0.15, -0.1) is 0 Å². The predicted octanol–water partition coefficient (Wildman–Crippen LogP) is 3.25. The third kappa shape index (κ3) is 1.30. The highest BCUT2D eigenvalue weighted by atomic mass is 79.9. The number of aryl methyl sites for hydroxylation is 2. The van der Waals surface area contributed by atoms with E-state index in [0.717, 1.165) is 27.3 Å². The average Bonchev–Trinajstić information content (AvgIpc) is 2.78. The van der Waals surface area contributed by atoms with Crippen LogP contribution in [-0.2, 0) is 14.1 Å². The molecular weight excluding hydrogens is 280 g/mol. The lowest BCUT2D eigenvalue weighted by atomic mass is 10.2. The molecule has 0 saturated heterocycles. The molecule has 3 nitrogen and oxygen atoms in total. The minimum Gasteiger partial charge on any atom is -0.342 e. The van der Waals surface area contributed by atoms with Crippen LogP contribution in [0.15, 0.2) is 28.7 Å². The van der Waals surface area contributed by atoms with Gasteiger partial charge in [0.05, 0.1) is 22.2 Å². The van der Waals surface area contributed by atoms with Gasteiger partial charge < -0.3 is 9.13 Å². The fraction of sp³-hybridized carbons (Fsp3) is 0.154. The lowest BCUT2D eigenvalue weighted by molar-refractivity contribution is 0.111. The number of benzene rings is 1. The molecule has 0 aliphatic heterocycles. The first-order valence-electron chi connectivity index (χ1n) is 5.32. The zero-order chi connectivity index (χ0) is 12.2. The normalized spacial score (nSPS) is 11.5. The number of hydrogen-bond acceptors (Lipinski definition) is 1. The molecule has 86 valence electrons. The van der Waals surface area contributed by atoms with Gasteiger partial charge in [0.2, 0.25) is 0 Å². The van der Waals surface area contributed by atoms with Crippen molar-refractivity contribution in [3.63, 3.8) is 0 Å². The van der Waals surface area contributed by atoms with Gasteiger partial charge in [-0.25, -0.2) is 0 Å². The lowest BCUT2D eigenvalue weighted by Gasteiger charge is -1.99. The van der Waals surface area contributed by atoms with E-state index in [-0.39, 0.29) is 0 Å². The topological polar surface area (TPSA) is 26.9 Å². The van der Waals surface area contributed by atoms with Crippen molar-refractivity contribution in [2.45, 2.75) is 0 Å². The van der Waals surface area contributed by atoms with Crippen molar-refractivity contribution in [3.8, 4) is 0 Å². The summed E-state index contributed by atoms with van der Waals surface area (Å²) >= 11 is 3.48. The van der Waals surface area contributed by atoms with Crippen molar-refractivity contribution in [1.82, 2.24) is 9.13 Å². The molecule has 0 amide bonds. The summed E-state index contributed by atoms with van der Waals surface area (Å²) in [7, 11) is 3.94. The number of halogens is 1. The van der Waals surface area contributed by atoms with Gasteiger partial charge in [0.15, 0.2) is 6.29 Å². The van der Waals surface area contributed by atoms with E-state index in [9.17, 15) is 4.79 Å². The van der Waals surface area contributed by atoms with Gasteiger partial charge in [0.1, 0.15) is 0 Å². The van der Waals surface area contributed by atoms with Crippen LogP contribution in [0.4, 0.5) is 0 Å². The van der Waals surface area contributed by atoms with E-state index in [1.165, 1.54) is 5.39 Å². The summed E-state index contributed by atoms with van der Waals surface area (Å²) < 4.78 is 5.12. The minimum atomic E-state index is 0.704. The van der Waals surface area contributed by atoms with E-state index < -0.39 is 0 Å². The molecule has 0 atom stereocenters. The Hall–Kier alpha value is -1.55. The summed E-state index contributed by atoms with van der Waals surface area (Å²) in [6.07, 6.45) is 0.894. The molecular formula is C13H11BrN2O. The summed E-state index contributed by atoms with van der Waals surface area (Å²) in [5.41, 5.74) is 4.06. The van der Waals surface area contributed by atoms with Crippen LogP contribution in [0.2, 0.25) is 0 Å². The van der Waals surface area contributed by atoms with Crippen LogP contribution in [-0.4, -0.2) is 15.4 Å². The largest absolute Gasteiger partial charge is 0.342 e. The van der Waals surface area contributed by atoms with Crippen molar-refractivity contribution in [1.29, 1.82) is 0 Å². The number of aldehydes is 1. The maximum Gasteiger partial charge on any atom is 0.166 e.